The molecule has 6 heteroatoms. The fourth-order valence-electron chi connectivity index (χ4n) is 3.40. The molecule has 0 bridgehead atoms. The molecule has 1 fully saturated rings. The Balaban J connectivity index is 2.35. The highest BCUT2D eigenvalue weighted by molar-refractivity contribution is 5.75. The van der Waals surface area contributed by atoms with Crippen molar-refractivity contribution in [1.82, 2.24) is 9.97 Å². The van der Waals surface area contributed by atoms with Crippen molar-refractivity contribution in [2.24, 2.45) is 5.92 Å². The van der Waals surface area contributed by atoms with Crippen molar-refractivity contribution in [1.29, 1.82) is 0 Å². The Labute approximate surface area is 162 Å². The minimum absolute atomic E-state index is 0.256. The van der Waals surface area contributed by atoms with E-state index in [0.717, 1.165) is 25.7 Å². The molecule has 6 nitrogen and oxygen atoms in total. The number of nitrogens with one attached hydrogen (secondary N) is 2. The number of terminal acetylenes is 1. The Morgan fingerprint density at radius 1 is 1.33 bits per heavy atom. The molecule has 0 aromatic carbocycles. The van der Waals surface area contributed by atoms with Crippen LogP contribution in [0.4, 0.5) is 17.3 Å². The monoisotopic (exact) mass is 369 g/mol. The SMILES string of the molecule is C#CCNc1nc(C#C[C@]2(O)CCC[C@@H](C)C2)nc(NC(CC)CC)c1N. The molecule has 2 atom stereocenters. The molecule has 0 unspecified atom stereocenters. The normalized spacial score (nSPS) is 21.9. The fourth-order valence-corrected chi connectivity index (χ4v) is 3.40. The summed E-state index contributed by atoms with van der Waals surface area (Å²) in [5.41, 5.74) is 5.67. The van der Waals surface area contributed by atoms with E-state index < -0.39 is 5.60 Å². The topological polar surface area (TPSA) is 96.1 Å². The molecule has 1 aliphatic rings. The highest BCUT2D eigenvalue weighted by Gasteiger charge is 2.30. The molecule has 0 saturated heterocycles. The van der Waals surface area contributed by atoms with Crippen molar-refractivity contribution in [2.45, 2.75) is 70.9 Å². The number of nitrogen functional groups attached to an aromatic ring is 1. The number of anilines is 3. The lowest BCUT2D eigenvalue weighted by Gasteiger charge is -2.30. The molecule has 146 valence electrons. The number of aromatic nitrogens is 2. The maximum atomic E-state index is 10.7. The summed E-state index contributed by atoms with van der Waals surface area (Å²) >= 11 is 0. The Morgan fingerprint density at radius 2 is 2.04 bits per heavy atom. The number of rotatable bonds is 6. The Morgan fingerprint density at radius 3 is 2.67 bits per heavy atom. The molecule has 0 radical (unpaired) electrons. The van der Waals surface area contributed by atoms with Crippen LogP contribution in [0.25, 0.3) is 0 Å². The first-order chi connectivity index (χ1) is 12.9. The van der Waals surface area contributed by atoms with E-state index in [0.29, 0.717) is 48.5 Å². The molecule has 1 aromatic rings. The summed E-state index contributed by atoms with van der Waals surface area (Å²) < 4.78 is 0. The summed E-state index contributed by atoms with van der Waals surface area (Å²) in [6.45, 7) is 6.66. The number of hydrogen-bond acceptors (Lipinski definition) is 6. The summed E-state index contributed by atoms with van der Waals surface area (Å²) in [7, 11) is 0. The average molecular weight is 370 g/mol. The quantitative estimate of drug-likeness (QED) is 0.576. The second-order valence-electron chi connectivity index (χ2n) is 7.36. The summed E-state index contributed by atoms with van der Waals surface area (Å²) in [6.07, 6.45) is 10.7. The number of aliphatic hydroxyl groups is 1. The lowest BCUT2D eigenvalue weighted by molar-refractivity contribution is 0.0410. The molecular weight excluding hydrogens is 338 g/mol. The van der Waals surface area contributed by atoms with Gasteiger partial charge in [-0.15, -0.1) is 6.42 Å². The molecule has 1 aliphatic carbocycles. The van der Waals surface area contributed by atoms with Crippen LogP contribution in [-0.2, 0) is 0 Å². The van der Waals surface area contributed by atoms with E-state index in [1.54, 1.807) is 0 Å². The number of hydrogen-bond donors (Lipinski definition) is 4. The third kappa shape index (κ3) is 5.77. The first kappa shape index (κ1) is 20.9. The predicted octanol–water partition coefficient (Wildman–Crippen LogP) is 3.00. The van der Waals surface area contributed by atoms with Gasteiger partial charge in [0, 0.05) is 6.04 Å². The van der Waals surface area contributed by atoms with Crippen LogP contribution in [0.1, 0.15) is 65.1 Å². The van der Waals surface area contributed by atoms with Gasteiger partial charge in [0.15, 0.2) is 11.6 Å². The van der Waals surface area contributed by atoms with E-state index in [1.165, 1.54) is 0 Å². The zero-order valence-corrected chi connectivity index (χ0v) is 16.6. The van der Waals surface area contributed by atoms with Crippen LogP contribution in [0.3, 0.4) is 0 Å². The van der Waals surface area contributed by atoms with Gasteiger partial charge in [-0.25, -0.2) is 9.97 Å². The van der Waals surface area contributed by atoms with E-state index in [1.807, 2.05) is 0 Å². The minimum Gasteiger partial charge on any atom is -0.393 e. The van der Waals surface area contributed by atoms with Crippen LogP contribution in [0.5, 0.6) is 0 Å². The van der Waals surface area contributed by atoms with Gasteiger partial charge < -0.3 is 21.5 Å². The Hall–Kier alpha value is -2.44. The zero-order valence-electron chi connectivity index (χ0n) is 16.6. The molecule has 2 rings (SSSR count). The van der Waals surface area contributed by atoms with Gasteiger partial charge in [0.1, 0.15) is 11.3 Å². The second-order valence-corrected chi connectivity index (χ2v) is 7.36. The molecule has 5 N–H and O–H groups in total. The van der Waals surface area contributed by atoms with Crippen LogP contribution < -0.4 is 16.4 Å². The summed E-state index contributed by atoms with van der Waals surface area (Å²) in [6, 6.07) is 0.256. The van der Waals surface area contributed by atoms with Crippen LogP contribution in [-0.4, -0.2) is 33.3 Å². The molecular formula is C21H31N5O. The van der Waals surface area contributed by atoms with Crippen LogP contribution in [0.15, 0.2) is 0 Å². The lowest BCUT2D eigenvalue weighted by atomic mass is 9.79. The van der Waals surface area contributed by atoms with E-state index >= 15 is 0 Å². The number of nitrogens with two attached hydrogens (primary N) is 1. The first-order valence-corrected chi connectivity index (χ1v) is 9.77. The standard InChI is InChI=1S/C21H31N5O/c1-5-13-23-19-18(22)20(24-16(6-2)7-3)26-17(25-19)10-12-21(27)11-8-9-15(4)14-21/h1,15-16,27H,6-9,11,13-14,22H2,2-4H3,(H2,23,24,25,26)/t15-,21-/m1/s1. The van der Waals surface area contributed by atoms with Gasteiger partial charge in [-0.3, -0.25) is 0 Å². The molecule has 0 aliphatic heterocycles. The second kappa shape index (κ2) is 9.48. The molecule has 1 aromatic heterocycles. The average Bonchev–Trinajstić information content (AvgIpc) is 2.65. The predicted molar refractivity (Wildman–Crippen MR) is 111 cm³/mol. The Kier molecular flexibility index (Phi) is 7.33. The van der Waals surface area contributed by atoms with Gasteiger partial charge >= 0.3 is 0 Å². The van der Waals surface area contributed by atoms with Crippen molar-refractivity contribution in [3.05, 3.63) is 5.82 Å². The zero-order chi connectivity index (χ0) is 19.9. The maximum absolute atomic E-state index is 10.7. The van der Waals surface area contributed by atoms with E-state index in [4.69, 9.17) is 12.2 Å². The summed E-state index contributed by atoms with van der Waals surface area (Å²) in [5, 5.41) is 17.1. The molecule has 1 heterocycles. The van der Waals surface area contributed by atoms with Crippen molar-refractivity contribution < 1.29 is 5.11 Å². The van der Waals surface area contributed by atoms with E-state index in [-0.39, 0.29) is 6.04 Å². The number of nitrogens with zero attached hydrogens (tertiary/aromatic N) is 2. The van der Waals surface area contributed by atoms with Crippen LogP contribution in [0, 0.1) is 30.1 Å². The molecule has 1 saturated carbocycles. The third-order valence-electron chi connectivity index (χ3n) is 5.01. The summed E-state index contributed by atoms with van der Waals surface area (Å²) in [5.74, 6) is 10.3. The van der Waals surface area contributed by atoms with E-state index in [9.17, 15) is 5.11 Å². The van der Waals surface area contributed by atoms with Gasteiger partial charge in [-0.05, 0) is 43.9 Å². The van der Waals surface area contributed by atoms with Crippen molar-refractivity contribution in [3.8, 4) is 24.2 Å². The van der Waals surface area contributed by atoms with Crippen molar-refractivity contribution >= 4 is 17.3 Å². The Bertz CT molecular complexity index is 741. The van der Waals surface area contributed by atoms with Crippen molar-refractivity contribution in [3.63, 3.8) is 0 Å². The maximum Gasteiger partial charge on any atom is 0.209 e. The van der Waals surface area contributed by atoms with Gasteiger partial charge in [0.25, 0.3) is 0 Å². The van der Waals surface area contributed by atoms with Gasteiger partial charge in [-0.2, -0.15) is 0 Å². The van der Waals surface area contributed by atoms with Gasteiger partial charge in [0.05, 0.1) is 6.54 Å². The highest BCUT2D eigenvalue weighted by Crippen LogP contribution is 2.32. The third-order valence-corrected chi connectivity index (χ3v) is 5.01. The molecule has 0 amide bonds. The van der Waals surface area contributed by atoms with Crippen LogP contribution in [0.2, 0.25) is 0 Å². The highest BCUT2D eigenvalue weighted by atomic mass is 16.3. The van der Waals surface area contributed by atoms with Gasteiger partial charge in [0.2, 0.25) is 5.82 Å². The first-order valence-electron chi connectivity index (χ1n) is 9.77. The van der Waals surface area contributed by atoms with E-state index in [2.05, 4.69) is 59.1 Å². The fraction of sp³-hybridized carbons (Fsp3) is 0.619. The van der Waals surface area contributed by atoms with Gasteiger partial charge in [-0.1, -0.05) is 39.0 Å². The van der Waals surface area contributed by atoms with Crippen molar-refractivity contribution in [2.75, 3.05) is 22.9 Å². The largest absolute Gasteiger partial charge is 0.393 e. The lowest BCUT2D eigenvalue weighted by Crippen LogP contribution is -2.32. The smallest absolute Gasteiger partial charge is 0.209 e. The molecule has 0 spiro atoms. The molecule has 27 heavy (non-hydrogen) atoms. The summed E-state index contributed by atoms with van der Waals surface area (Å²) in [4.78, 5) is 8.88. The van der Waals surface area contributed by atoms with Crippen LogP contribution >= 0.6 is 0 Å². The minimum atomic E-state index is -0.974.